The second-order valence-electron chi connectivity index (χ2n) is 3.02. The van der Waals surface area contributed by atoms with Gasteiger partial charge in [0.2, 0.25) is 0 Å². The van der Waals surface area contributed by atoms with Crippen LogP contribution < -0.4 is 61.8 Å². The number of hydrogen-bond acceptors (Lipinski definition) is 5. The van der Waals surface area contributed by atoms with Gasteiger partial charge in [0.15, 0.2) is 0 Å². The Morgan fingerprint density at radius 1 is 1.43 bits per heavy atom. The largest absolute Gasteiger partial charge is 1.00 e. The normalized spacial score (nSPS) is 17.4. The predicted octanol–water partition coefficient (Wildman–Crippen LogP) is -5.34. The molecular weight excluding hydrogens is 211 g/mol. The van der Waals surface area contributed by atoms with Crippen LogP contribution in [0.15, 0.2) is 0 Å². The minimum absolute atomic E-state index is 0. The van der Waals surface area contributed by atoms with Crippen molar-refractivity contribution in [1.29, 1.82) is 0 Å². The third-order valence-electron chi connectivity index (χ3n) is 1.98. The Labute approximate surface area is 127 Å². The molecule has 1 fully saturated rings. The number of nitrogens with one attached hydrogen (secondary N) is 1. The molecule has 0 atom stereocenters. The van der Waals surface area contributed by atoms with Gasteiger partial charge < -0.3 is 20.0 Å². The van der Waals surface area contributed by atoms with E-state index >= 15 is 0 Å². The van der Waals surface area contributed by atoms with Crippen molar-refractivity contribution >= 4 is 5.97 Å². The van der Waals surface area contributed by atoms with E-state index in [9.17, 15) is 9.90 Å². The van der Waals surface area contributed by atoms with Gasteiger partial charge in [0.1, 0.15) is 0 Å². The first-order valence-electron chi connectivity index (χ1n) is 4.49. The van der Waals surface area contributed by atoms with E-state index in [0.717, 1.165) is 32.7 Å². The number of ether oxygens (including phenoxy) is 1. The van der Waals surface area contributed by atoms with E-state index in [4.69, 9.17) is 4.74 Å². The molecule has 0 unspecified atom stereocenters. The topological polar surface area (TPSA) is 64.6 Å². The van der Waals surface area contributed by atoms with Gasteiger partial charge in [-0.1, -0.05) is 0 Å². The van der Waals surface area contributed by atoms with Crippen LogP contribution in [-0.4, -0.2) is 56.8 Å². The van der Waals surface area contributed by atoms with Gasteiger partial charge in [0, 0.05) is 32.7 Å². The van der Waals surface area contributed by atoms with E-state index in [1.165, 1.54) is 0 Å². The molecule has 0 saturated carbocycles. The van der Waals surface area contributed by atoms with Gasteiger partial charge in [-0.3, -0.25) is 4.90 Å². The van der Waals surface area contributed by atoms with Gasteiger partial charge in [-0.25, -0.2) is 0 Å². The number of carbonyl (C=O) groups is 1. The Balaban J connectivity index is 0.00000169. The molecule has 0 aromatic rings. The summed E-state index contributed by atoms with van der Waals surface area (Å²) in [6.45, 7) is 4.99. The maximum absolute atomic E-state index is 9.99. The van der Waals surface area contributed by atoms with Crippen LogP contribution in [0.1, 0.15) is 0 Å². The van der Waals surface area contributed by atoms with Gasteiger partial charge in [0.25, 0.3) is 0 Å². The molecule has 1 aliphatic heterocycles. The predicted molar refractivity (Wildman–Crippen MR) is 45.1 cm³/mol. The Morgan fingerprint density at radius 2 is 2.07 bits per heavy atom. The number of aliphatic carboxylic acids is 1. The van der Waals surface area contributed by atoms with Crippen LogP contribution in [0, 0.1) is 0 Å². The molecule has 14 heavy (non-hydrogen) atoms. The first-order chi connectivity index (χ1) is 6.29. The molecule has 6 heteroatoms. The fourth-order valence-electron chi connectivity index (χ4n) is 1.28. The van der Waals surface area contributed by atoms with Crippen LogP contribution >= 0.6 is 0 Å². The zero-order valence-electron chi connectivity index (χ0n) is 8.62. The van der Waals surface area contributed by atoms with Gasteiger partial charge in [-0.05, 0) is 0 Å². The quantitative estimate of drug-likeness (QED) is 0.375. The minimum Gasteiger partial charge on any atom is -0.548 e. The Bertz CT molecular complexity index is 163. The maximum Gasteiger partial charge on any atom is 1.00 e. The third kappa shape index (κ3) is 7.30. The van der Waals surface area contributed by atoms with Crippen molar-refractivity contribution in [3.8, 4) is 0 Å². The summed E-state index contributed by atoms with van der Waals surface area (Å²) in [6, 6.07) is 0. The van der Waals surface area contributed by atoms with Crippen LogP contribution in [0.4, 0.5) is 0 Å². The molecule has 0 aromatic heterocycles. The van der Waals surface area contributed by atoms with Crippen molar-refractivity contribution in [2.24, 2.45) is 0 Å². The first-order valence-corrected chi connectivity index (χ1v) is 4.49. The molecule has 76 valence electrons. The van der Waals surface area contributed by atoms with Crippen LogP contribution in [0.25, 0.3) is 0 Å². The Hall–Kier alpha value is 0.986. The third-order valence-corrected chi connectivity index (χ3v) is 1.98. The molecule has 0 bridgehead atoms. The number of carboxylic acid groups (broad SMARTS) is 1. The summed E-state index contributed by atoms with van der Waals surface area (Å²) in [7, 11) is 0. The molecule has 1 aliphatic rings. The molecule has 0 radical (unpaired) electrons. The molecule has 5 nitrogen and oxygen atoms in total. The molecule has 0 aromatic carbocycles. The summed E-state index contributed by atoms with van der Waals surface area (Å²) in [4.78, 5) is 12.2. The number of carboxylic acids is 1. The van der Waals surface area contributed by atoms with Crippen molar-refractivity contribution in [2.75, 3.05) is 45.9 Å². The van der Waals surface area contributed by atoms with Crippen molar-refractivity contribution in [3.05, 3.63) is 0 Å². The minimum atomic E-state index is -1.15. The molecule has 1 heterocycles. The Kier molecular flexibility index (Phi) is 9.88. The summed E-state index contributed by atoms with van der Waals surface area (Å²) in [6.07, 6.45) is 0. The SMILES string of the molecule is O=C([O-])COCCN1CCNCC1.[K+]. The summed E-state index contributed by atoms with van der Waals surface area (Å²) < 4.78 is 4.87. The number of piperazine rings is 1. The average molecular weight is 226 g/mol. The summed E-state index contributed by atoms with van der Waals surface area (Å²) in [5.74, 6) is -1.15. The van der Waals surface area contributed by atoms with Crippen LogP contribution in [0.2, 0.25) is 0 Å². The fourth-order valence-corrected chi connectivity index (χ4v) is 1.28. The zero-order valence-corrected chi connectivity index (χ0v) is 11.7. The van der Waals surface area contributed by atoms with E-state index in [1.807, 2.05) is 0 Å². The Morgan fingerprint density at radius 3 is 2.64 bits per heavy atom. The number of carbonyl (C=O) groups excluding carboxylic acids is 1. The van der Waals surface area contributed by atoms with Crippen molar-refractivity contribution in [1.82, 2.24) is 10.2 Å². The zero-order chi connectivity index (χ0) is 9.52. The number of hydrogen-bond donors (Lipinski definition) is 1. The summed E-state index contributed by atoms with van der Waals surface area (Å²) in [5, 5.41) is 13.2. The van der Waals surface area contributed by atoms with E-state index in [-0.39, 0.29) is 58.0 Å². The number of rotatable bonds is 5. The van der Waals surface area contributed by atoms with Gasteiger partial charge in [-0.2, -0.15) is 0 Å². The van der Waals surface area contributed by atoms with Gasteiger partial charge in [-0.15, -0.1) is 0 Å². The first kappa shape index (κ1) is 15.0. The van der Waals surface area contributed by atoms with E-state index in [0.29, 0.717) is 6.61 Å². The van der Waals surface area contributed by atoms with Crippen molar-refractivity contribution in [3.63, 3.8) is 0 Å². The molecule has 1 saturated heterocycles. The van der Waals surface area contributed by atoms with Crippen molar-refractivity contribution in [2.45, 2.75) is 0 Å². The smallest absolute Gasteiger partial charge is 0.548 e. The molecule has 1 rings (SSSR count). The van der Waals surface area contributed by atoms with Crippen LogP contribution in [0.5, 0.6) is 0 Å². The second kappa shape index (κ2) is 9.23. The van der Waals surface area contributed by atoms with E-state index < -0.39 is 5.97 Å². The van der Waals surface area contributed by atoms with Gasteiger partial charge >= 0.3 is 51.4 Å². The van der Waals surface area contributed by atoms with Crippen molar-refractivity contribution < 1.29 is 66.0 Å². The second-order valence-corrected chi connectivity index (χ2v) is 3.02. The van der Waals surface area contributed by atoms with Gasteiger partial charge in [0.05, 0.1) is 19.2 Å². The van der Waals surface area contributed by atoms with E-state index in [1.54, 1.807) is 0 Å². The summed E-state index contributed by atoms with van der Waals surface area (Å²) in [5.41, 5.74) is 0. The fraction of sp³-hybridized carbons (Fsp3) is 0.875. The molecule has 1 N–H and O–H groups in total. The average Bonchev–Trinajstić information content (AvgIpc) is 2.14. The summed E-state index contributed by atoms with van der Waals surface area (Å²) >= 11 is 0. The molecule has 0 amide bonds. The van der Waals surface area contributed by atoms with E-state index in [2.05, 4.69) is 10.2 Å². The molecule has 0 spiro atoms. The maximum atomic E-state index is 9.99. The van der Waals surface area contributed by atoms with Crippen LogP contribution in [-0.2, 0) is 9.53 Å². The molecule has 0 aliphatic carbocycles. The monoisotopic (exact) mass is 226 g/mol. The molecular formula is C8H15KN2O3. The number of nitrogens with zero attached hydrogens (tertiary/aromatic N) is 1. The van der Waals surface area contributed by atoms with Crippen LogP contribution in [0.3, 0.4) is 0 Å². The standard InChI is InChI=1S/C8H16N2O3.K/c11-8(12)7-13-6-5-10-3-1-9-2-4-10;/h9H,1-7H2,(H,11,12);/q;+1/p-1.